The van der Waals surface area contributed by atoms with E-state index in [1.807, 2.05) is 36.4 Å². The van der Waals surface area contributed by atoms with Gasteiger partial charge in [-0.2, -0.15) is 0 Å². The molecule has 0 fully saturated rings. The molecule has 3 N–H and O–H groups in total. The highest BCUT2D eigenvalue weighted by molar-refractivity contribution is 6.19. The first-order valence-corrected chi connectivity index (χ1v) is 18.6. The van der Waals surface area contributed by atoms with Crippen LogP contribution in [0.4, 0.5) is 17.1 Å². The molecule has 1 aliphatic carbocycles. The molecule has 9 rings (SSSR count). The van der Waals surface area contributed by atoms with Gasteiger partial charge in [0.1, 0.15) is 5.82 Å². The molecule has 264 valence electrons. The van der Waals surface area contributed by atoms with E-state index in [1.54, 1.807) is 0 Å². The molecule has 0 saturated heterocycles. The van der Waals surface area contributed by atoms with Gasteiger partial charge >= 0.3 is 0 Å². The maximum atomic E-state index is 6.10. The fourth-order valence-electron chi connectivity index (χ4n) is 8.21. The zero-order chi connectivity index (χ0) is 37.4. The Morgan fingerprint density at radius 1 is 0.667 bits per heavy atom. The van der Waals surface area contributed by atoms with Crippen molar-refractivity contribution in [2.24, 2.45) is 0 Å². The summed E-state index contributed by atoms with van der Waals surface area (Å²) < 4.78 is 0. The van der Waals surface area contributed by atoms with E-state index in [-0.39, 0.29) is 5.41 Å². The van der Waals surface area contributed by atoms with Crippen molar-refractivity contribution in [2.75, 3.05) is 23.0 Å². The van der Waals surface area contributed by atoms with E-state index in [1.165, 1.54) is 54.9 Å². The third-order valence-corrected chi connectivity index (χ3v) is 11.0. The van der Waals surface area contributed by atoms with Crippen molar-refractivity contribution in [1.82, 2.24) is 0 Å². The molecule has 7 aromatic carbocycles. The number of fused-ring (bicyclic) bond motifs is 9. The molecule has 0 unspecified atom stereocenters. The summed E-state index contributed by atoms with van der Waals surface area (Å²) in [6.45, 7) is 13.1. The Balaban J connectivity index is 0.000000160. The molecule has 0 amide bonds. The molecule has 54 heavy (non-hydrogen) atoms. The summed E-state index contributed by atoms with van der Waals surface area (Å²) in [6, 6.07) is 51.2. The van der Waals surface area contributed by atoms with Gasteiger partial charge in [0.15, 0.2) is 0 Å². The Labute approximate surface area is 319 Å². The van der Waals surface area contributed by atoms with Crippen LogP contribution in [-0.2, 0) is 11.8 Å². The van der Waals surface area contributed by atoms with Crippen LogP contribution in [0.15, 0.2) is 188 Å². The Morgan fingerprint density at radius 3 is 2.02 bits per heavy atom. The molecule has 3 nitrogen and oxygen atoms in total. The fourth-order valence-corrected chi connectivity index (χ4v) is 8.21. The molecule has 0 aromatic heterocycles. The van der Waals surface area contributed by atoms with Gasteiger partial charge in [-0.15, -0.1) is 0 Å². The van der Waals surface area contributed by atoms with E-state index in [4.69, 9.17) is 5.73 Å². The smallest absolute Gasteiger partial charge is 0.117 e. The van der Waals surface area contributed by atoms with Crippen LogP contribution in [0.5, 0.6) is 0 Å². The predicted octanol–water partition coefficient (Wildman–Crippen LogP) is 12.7. The first kappa shape index (κ1) is 34.5. The minimum Gasteiger partial charge on any atom is -0.398 e. The van der Waals surface area contributed by atoms with Gasteiger partial charge in [-0.3, -0.25) is 0 Å². The van der Waals surface area contributed by atoms with Gasteiger partial charge in [-0.05, 0) is 79.7 Å². The fraction of sp³-hybridized carbons (Fsp3) is 0.0980. The SMILES string of the molecule is C=CC1=C(\Nc2ccccc2)N(C)c2c(c3ccccc3c3ccccc23)C(=C)/C=C\1.CC1(C)c2ccccc2-c2ccc(Cc3ccccc3N)cc21. The summed E-state index contributed by atoms with van der Waals surface area (Å²) >= 11 is 0. The number of nitrogen functional groups attached to an aromatic ring is 1. The summed E-state index contributed by atoms with van der Waals surface area (Å²) in [5, 5.41) is 8.51. The molecule has 0 radical (unpaired) electrons. The molecule has 1 heterocycles. The third-order valence-electron chi connectivity index (χ3n) is 11.0. The largest absolute Gasteiger partial charge is 0.398 e. The van der Waals surface area contributed by atoms with Crippen molar-refractivity contribution < 1.29 is 0 Å². The van der Waals surface area contributed by atoms with E-state index >= 15 is 0 Å². The van der Waals surface area contributed by atoms with Crippen LogP contribution in [0.1, 0.15) is 41.7 Å². The van der Waals surface area contributed by atoms with Crippen LogP contribution in [-0.4, -0.2) is 7.05 Å². The van der Waals surface area contributed by atoms with Gasteiger partial charge < -0.3 is 16.0 Å². The number of hydrogen-bond donors (Lipinski definition) is 2. The number of nitrogens with two attached hydrogens (primary N) is 1. The molecular weight excluding hydrogens is 655 g/mol. The first-order valence-electron chi connectivity index (χ1n) is 18.6. The Morgan fingerprint density at radius 2 is 1.28 bits per heavy atom. The molecule has 1 aliphatic heterocycles. The summed E-state index contributed by atoms with van der Waals surface area (Å²) in [6.07, 6.45) is 6.95. The Kier molecular flexibility index (Phi) is 9.01. The number of anilines is 3. The van der Waals surface area contributed by atoms with Crippen molar-refractivity contribution in [3.8, 4) is 11.1 Å². The van der Waals surface area contributed by atoms with E-state index in [2.05, 4.69) is 172 Å². The summed E-state index contributed by atoms with van der Waals surface area (Å²) in [5.74, 6) is 0.978. The normalized spacial score (nSPS) is 16.0. The summed E-state index contributed by atoms with van der Waals surface area (Å²) in [5.41, 5.74) is 20.5. The second kappa shape index (κ2) is 14.1. The van der Waals surface area contributed by atoms with Gasteiger partial charge in [0.05, 0.1) is 5.69 Å². The number of nitrogens with zero attached hydrogens (tertiary/aromatic N) is 1. The average molecular weight is 700 g/mol. The topological polar surface area (TPSA) is 41.3 Å². The second-order valence-corrected chi connectivity index (χ2v) is 14.7. The van der Waals surface area contributed by atoms with Gasteiger partial charge in [-0.25, -0.2) is 0 Å². The van der Waals surface area contributed by atoms with Crippen LogP contribution in [0.3, 0.4) is 0 Å². The van der Waals surface area contributed by atoms with Crippen LogP contribution in [0, 0.1) is 0 Å². The predicted molar refractivity (Wildman–Crippen MR) is 233 cm³/mol. The molecule has 0 atom stereocenters. The number of benzene rings is 7. The number of para-hydroxylation sites is 2. The maximum absolute atomic E-state index is 6.10. The minimum absolute atomic E-state index is 0.0597. The molecule has 2 aliphatic rings. The lowest BCUT2D eigenvalue weighted by Crippen LogP contribution is -2.26. The minimum atomic E-state index is 0.0597. The van der Waals surface area contributed by atoms with Crippen LogP contribution in [0.2, 0.25) is 0 Å². The maximum Gasteiger partial charge on any atom is 0.117 e. The molecular formula is C51H45N3. The lowest BCUT2D eigenvalue weighted by molar-refractivity contribution is 0.659. The van der Waals surface area contributed by atoms with Crippen LogP contribution >= 0.6 is 0 Å². The summed E-state index contributed by atoms with van der Waals surface area (Å²) in [4.78, 5) is 2.24. The van der Waals surface area contributed by atoms with E-state index < -0.39 is 0 Å². The lowest BCUT2D eigenvalue weighted by Gasteiger charge is -2.31. The number of hydrogen-bond acceptors (Lipinski definition) is 3. The molecule has 7 aromatic rings. The van der Waals surface area contributed by atoms with Crippen molar-refractivity contribution in [2.45, 2.75) is 25.7 Å². The molecule has 3 heteroatoms. The van der Waals surface area contributed by atoms with Crippen LogP contribution in [0.25, 0.3) is 38.2 Å². The summed E-state index contributed by atoms with van der Waals surface area (Å²) in [7, 11) is 2.11. The number of allylic oxidation sites excluding steroid dienone is 5. The zero-order valence-corrected chi connectivity index (χ0v) is 31.2. The third kappa shape index (κ3) is 6.08. The van der Waals surface area contributed by atoms with Gasteiger partial charge in [0, 0.05) is 40.4 Å². The van der Waals surface area contributed by atoms with Crippen molar-refractivity contribution in [3.05, 3.63) is 216 Å². The van der Waals surface area contributed by atoms with E-state index in [0.29, 0.717) is 0 Å². The molecule has 0 spiro atoms. The van der Waals surface area contributed by atoms with Gasteiger partial charge in [-0.1, -0.05) is 173 Å². The lowest BCUT2D eigenvalue weighted by atomic mass is 9.81. The van der Waals surface area contributed by atoms with Crippen LogP contribution < -0.4 is 16.0 Å². The van der Waals surface area contributed by atoms with E-state index in [9.17, 15) is 0 Å². The zero-order valence-electron chi connectivity index (χ0n) is 31.2. The van der Waals surface area contributed by atoms with E-state index in [0.717, 1.165) is 46.0 Å². The molecule has 0 saturated carbocycles. The van der Waals surface area contributed by atoms with Crippen molar-refractivity contribution in [3.63, 3.8) is 0 Å². The quantitative estimate of drug-likeness (QED) is 0.139. The standard InChI is InChI=1S/C29H24N2.C22H21N/c1-4-21-19-18-20(2)27-25-16-10-8-14-23(25)24-15-9-11-17-26(24)28(27)31(3)29(21)30-22-12-6-5-7-13-22;1-22(2)19-9-5-4-8-17(19)18-12-11-15(14-20(18)22)13-16-7-3-6-10-21(16)23/h4-19,30H,1-2H2,3H3;3-12,14H,13,23H2,1-2H3/b19-18-,29-21-;. The highest BCUT2D eigenvalue weighted by Crippen LogP contribution is 2.49. The highest BCUT2D eigenvalue weighted by atomic mass is 15.2. The average Bonchev–Trinajstić information content (AvgIpc) is 3.43. The Bertz CT molecular complexity index is 2640. The highest BCUT2D eigenvalue weighted by Gasteiger charge is 2.35. The molecule has 0 bridgehead atoms. The Hall–Kier alpha value is -6.58. The monoisotopic (exact) mass is 699 g/mol. The number of rotatable bonds is 5. The van der Waals surface area contributed by atoms with Gasteiger partial charge in [0.25, 0.3) is 0 Å². The van der Waals surface area contributed by atoms with Crippen molar-refractivity contribution >= 4 is 44.2 Å². The second-order valence-electron chi connectivity index (χ2n) is 14.7. The van der Waals surface area contributed by atoms with Gasteiger partial charge in [0.2, 0.25) is 0 Å². The first-order chi connectivity index (χ1) is 26.3. The number of nitrogens with one attached hydrogen (secondary N) is 1. The van der Waals surface area contributed by atoms with Crippen molar-refractivity contribution in [1.29, 1.82) is 0 Å².